The van der Waals surface area contributed by atoms with E-state index in [4.69, 9.17) is 4.98 Å². The van der Waals surface area contributed by atoms with Crippen LogP contribution in [-0.2, 0) is 10.2 Å². The first kappa shape index (κ1) is 27.9. The molecule has 2 atom stereocenters. The van der Waals surface area contributed by atoms with Gasteiger partial charge in [-0.3, -0.25) is 4.79 Å². The number of phenolic OH excluding ortho intramolecular Hbond substituents is 1. The van der Waals surface area contributed by atoms with Crippen LogP contribution in [0.5, 0.6) is 5.75 Å². The monoisotopic (exact) mass is 549 g/mol. The van der Waals surface area contributed by atoms with Crippen LogP contribution in [0, 0.1) is 5.92 Å². The standard InChI is InChI=1S/C34H35N3O4/c1-6-19(2)29(33(40)41)37-32(39)24-17-22-12-15-26-30(28(22)27(38)18-24)36-31(35-26)23-9-7-8-21(16-23)20-10-13-25(14-11-20)34(3,4)5/h7-19,29,38H,6H2,1-5H3,(H,35,36)(H,37,39)(H,40,41)/t19?,29-/m0/s1. The molecule has 41 heavy (non-hydrogen) atoms. The molecule has 0 aliphatic carbocycles. The summed E-state index contributed by atoms with van der Waals surface area (Å²) >= 11 is 0. The van der Waals surface area contributed by atoms with Crippen LogP contribution in [-0.4, -0.2) is 38.1 Å². The van der Waals surface area contributed by atoms with Crippen LogP contribution in [0.25, 0.3) is 44.3 Å². The number of carboxylic acid groups (broad SMARTS) is 1. The van der Waals surface area contributed by atoms with Crippen molar-refractivity contribution in [1.29, 1.82) is 0 Å². The molecule has 1 unspecified atom stereocenters. The van der Waals surface area contributed by atoms with Gasteiger partial charge in [-0.2, -0.15) is 0 Å². The Bertz CT molecular complexity index is 1760. The Kier molecular flexibility index (Phi) is 7.30. The van der Waals surface area contributed by atoms with Crippen LogP contribution in [0.1, 0.15) is 57.0 Å². The Balaban J connectivity index is 1.49. The summed E-state index contributed by atoms with van der Waals surface area (Å²) in [6, 6.07) is 22.4. The minimum atomic E-state index is -1.09. The van der Waals surface area contributed by atoms with Gasteiger partial charge in [0.05, 0.1) is 10.9 Å². The maximum Gasteiger partial charge on any atom is 0.326 e. The third kappa shape index (κ3) is 5.53. The van der Waals surface area contributed by atoms with E-state index in [-0.39, 0.29) is 22.6 Å². The molecule has 0 spiro atoms. The van der Waals surface area contributed by atoms with Crippen LogP contribution in [0.3, 0.4) is 0 Å². The number of amides is 1. The van der Waals surface area contributed by atoms with Crippen molar-refractivity contribution in [3.05, 3.63) is 83.9 Å². The summed E-state index contributed by atoms with van der Waals surface area (Å²) in [5, 5.41) is 24.3. The van der Waals surface area contributed by atoms with Gasteiger partial charge >= 0.3 is 5.97 Å². The number of carbonyl (C=O) groups is 2. The van der Waals surface area contributed by atoms with Gasteiger partial charge in [-0.05, 0) is 57.7 Å². The van der Waals surface area contributed by atoms with Crippen molar-refractivity contribution in [2.75, 3.05) is 0 Å². The minimum Gasteiger partial charge on any atom is -0.507 e. The number of aromatic nitrogens is 2. The molecule has 0 aliphatic heterocycles. The SMILES string of the molecule is CCC(C)[C@H](NC(=O)c1cc(O)c2c(ccc3[nH]c(-c4cccc(-c5ccc(C(C)(C)C)cc5)c4)nc32)c1)C(=O)O. The number of rotatable bonds is 7. The smallest absolute Gasteiger partial charge is 0.326 e. The lowest BCUT2D eigenvalue weighted by atomic mass is 9.86. The highest BCUT2D eigenvalue weighted by atomic mass is 16.4. The number of aliphatic carboxylic acids is 1. The van der Waals surface area contributed by atoms with E-state index in [9.17, 15) is 19.8 Å². The van der Waals surface area contributed by atoms with Crippen molar-refractivity contribution < 1.29 is 19.8 Å². The number of fused-ring (bicyclic) bond motifs is 3. The number of carbonyl (C=O) groups excluding carboxylic acids is 1. The zero-order valence-corrected chi connectivity index (χ0v) is 23.9. The number of H-pyrrole nitrogens is 1. The van der Waals surface area contributed by atoms with Crippen LogP contribution < -0.4 is 5.32 Å². The molecule has 0 saturated carbocycles. The predicted octanol–water partition coefficient (Wildman–Crippen LogP) is 7.28. The second-order valence-electron chi connectivity index (χ2n) is 11.7. The largest absolute Gasteiger partial charge is 0.507 e. The van der Waals surface area contributed by atoms with E-state index in [2.05, 4.69) is 67.5 Å². The van der Waals surface area contributed by atoms with Gasteiger partial charge < -0.3 is 20.5 Å². The number of nitrogens with zero attached hydrogens (tertiary/aromatic N) is 1. The number of benzene rings is 4. The number of aromatic amines is 1. The third-order valence-electron chi connectivity index (χ3n) is 7.79. The molecule has 5 rings (SSSR count). The Labute approximate surface area is 239 Å². The van der Waals surface area contributed by atoms with Gasteiger partial charge in [-0.1, -0.05) is 89.6 Å². The average molecular weight is 550 g/mol. The van der Waals surface area contributed by atoms with E-state index in [1.165, 1.54) is 11.6 Å². The topological polar surface area (TPSA) is 115 Å². The first-order valence-corrected chi connectivity index (χ1v) is 13.9. The quantitative estimate of drug-likeness (QED) is 0.170. The van der Waals surface area contributed by atoms with Crippen LogP contribution in [0.4, 0.5) is 0 Å². The summed E-state index contributed by atoms with van der Waals surface area (Å²) in [5.41, 5.74) is 5.98. The van der Waals surface area contributed by atoms with Gasteiger partial charge in [-0.15, -0.1) is 0 Å². The molecule has 0 aliphatic rings. The van der Waals surface area contributed by atoms with E-state index in [0.717, 1.165) is 22.2 Å². The zero-order chi connectivity index (χ0) is 29.5. The van der Waals surface area contributed by atoms with E-state index in [1.807, 2.05) is 31.2 Å². The number of phenols is 1. The van der Waals surface area contributed by atoms with Gasteiger partial charge in [0, 0.05) is 11.1 Å². The van der Waals surface area contributed by atoms with Crippen LogP contribution >= 0.6 is 0 Å². The fourth-order valence-electron chi connectivity index (χ4n) is 5.09. The second kappa shape index (κ2) is 10.7. The fraction of sp³-hybridized carbons (Fsp3) is 0.265. The normalized spacial score (nSPS) is 13.3. The van der Waals surface area contributed by atoms with Crippen molar-refractivity contribution in [1.82, 2.24) is 15.3 Å². The highest BCUT2D eigenvalue weighted by Crippen LogP contribution is 2.35. The number of imidazole rings is 1. The maximum atomic E-state index is 12.9. The number of hydrogen-bond acceptors (Lipinski definition) is 4. The van der Waals surface area contributed by atoms with Crippen molar-refractivity contribution in [3.63, 3.8) is 0 Å². The summed E-state index contributed by atoms with van der Waals surface area (Å²) in [6.45, 7) is 10.2. The van der Waals surface area contributed by atoms with Gasteiger partial charge in [0.15, 0.2) is 0 Å². The van der Waals surface area contributed by atoms with Gasteiger partial charge in [0.25, 0.3) is 5.91 Å². The van der Waals surface area contributed by atoms with Crippen LogP contribution in [0.2, 0.25) is 0 Å². The lowest BCUT2D eigenvalue weighted by molar-refractivity contribution is -0.140. The molecule has 7 heteroatoms. The molecule has 0 bridgehead atoms. The summed E-state index contributed by atoms with van der Waals surface area (Å²) < 4.78 is 0. The highest BCUT2D eigenvalue weighted by Gasteiger charge is 2.26. The molecule has 4 N–H and O–H groups in total. The number of aromatic hydroxyl groups is 1. The van der Waals surface area contributed by atoms with E-state index in [1.54, 1.807) is 13.0 Å². The lowest BCUT2D eigenvalue weighted by Gasteiger charge is -2.20. The molecule has 5 aromatic rings. The molecule has 0 radical (unpaired) electrons. The Morgan fingerprint density at radius 1 is 0.951 bits per heavy atom. The van der Waals surface area contributed by atoms with E-state index >= 15 is 0 Å². The van der Waals surface area contributed by atoms with Gasteiger partial charge in [0.1, 0.15) is 23.1 Å². The molecule has 1 heterocycles. The van der Waals surface area contributed by atoms with Crippen molar-refractivity contribution in [2.45, 2.75) is 52.5 Å². The molecule has 1 amide bonds. The second-order valence-corrected chi connectivity index (χ2v) is 11.7. The van der Waals surface area contributed by atoms with Crippen molar-refractivity contribution >= 4 is 33.7 Å². The van der Waals surface area contributed by atoms with Crippen molar-refractivity contribution in [3.8, 4) is 28.3 Å². The molecule has 0 saturated heterocycles. The summed E-state index contributed by atoms with van der Waals surface area (Å²) in [4.78, 5) is 32.8. The van der Waals surface area contributed by atoms with Crippen LogP contribution in [0.15, 0.2) is 72.8 Å². The molecule has 0 fully saturated rings. The summed E-state index contributed by atoms with van der Waals surface area (Å²) in [5.74, 6) is -1.31. The highest BCUT2D eigenvalue weighted by molar-refractivity contribution is 6.11. The van der Waals surface area contributed by atoms with E-state index < -0.39 is 17.9 Å². The summed E-state index contributed by atoms with van der Waals surface area (Å²) in [6.07, 6.45) is 0.603. The first-order chi connectivity index (χ1) is 19.5. The molecule has 4 aromatic carbocycles. The average Bonchev–Trinajstić information content (AvgIpc) is 3.39. The number of hydrogen-bond donors (Lipinski definition) is 4. The first-order valence-electron chi connectivity index (χ1n) is 13.9. The van der Waals surface area contributed by atoms with Crippen molar-refractivity contribution in [2.24, 2.45) is 5.92 Å². The number of carboxylic acids is 1. The predicted molar refractivity (Wildman–Crippen MR) is 163 cm³/mol. The van der Waals surface area contributed by atoms with Gasteiger partial charge in [0.2, 0.25) is 0 Å². The number of nitrogens with one attached hydrogen (secondary N) is 2. The lowest BCUT2D eigenvalue weighted by Crippen LogP contribution is -2.45. The minimum absolute atomic E-state index is 0.0854. The molecular weight excluding hydrogens is 514 g/mol. The molecule has 210 valence electrons. The summed E-state index contributed by atoms with van der Waals surface area (Å²) in [7, 11) is 0. The fourth-order valence-corrected chi connectivity index (χ4v) is 5.09. The Morgan fingerprint density at radius 2 is 1.66 bits per heavy atom. The molecule has 7 nitrogen and oxygen atoms in total. The molecular formula is C34H35N3O4. The Hall–Kier alpha value is -4.65. The van der Waals surface area contributed by atoms with E-state index in [0.29, 0.717) is 28.5 Å². The zero-order valence-electron chi connectivity index (χ0n) is 23.9. The van der Waals surface area contributed by atoms with Gasteiger partial charge in [-0.25, -0.2) is 9.78 Å². The Morgan fingerprint density at radius 3 is 2.32 bits per heavy atom. The maximum absolute atomic E-state index is 12.9. The third-order valence-corrected chi connectivity index (χ3v) is 7.79. The molecule has 1 aromatic heterocycles.